The van der Waals surface area contributed by atoms with Crippen molar-refractivity contribution < 1.29 is 13.2 Å². The lowest BCUT2D eigenvalue weighted by molar-refractivity contribution is 0.0658. The third-order valence-corrected chi connectivity index (χ3v) is 5.97. The molecule has 0 spiro atoms. The Hall–Kier alpha value is -1.41. The molecule has 2 saturated heterocycles. The Morgan fingerprint density at radius 1 is 1.35 bits per heavy atom. The summed E-state index contributed by atoms with van der Waals surface area (Å²) in [4.78, 5) is 14.0. The van der Waals surface area contributed by atoms with Gasteiger partial charge in [-0.15, -0.1) is 0 Å². The van der Waals surface area contributed by atoms with E-state index in [1.807, 2.05) is 0 Å². The molecule has 1 amide bonds. The van der Waals surface area contributed by atoms with Crippen LogP contribution >= 0.6 is 0 Å². The fourth-order valence-electron chi connectivity index (χ4n) is 2.99. The van der Waals surface area contributed by atoms with E-state index in [1.54, 1.807) is 15.4 Å². The number of sulfonamides is 1. The Morgan fingerprint density at radius 2 is 2.20 bits per heavy atom. The second kappa shape index (κ2) is 5.17. The highest BCUT2D eigenvalue weighted by molar-refractivity contribution is 7.89. The average molecular weight is 298 g/mol. The van der Waals surface area contributed by atoms with Gasteiger partial charge in [-0.05, 0) is 19.3 Å². The van der Waals surface area contributed by atoms with E-state index in [0.717, 1.165) is 12.8 Å². The quantitative estimate of drug-likeness (QED) is 0.836. The number of piperidine rings is 1. The molecule has 8 heteroatoms. The van der Waals surface area contributed by atoms with Gasteiger partial charge < -0.3 is 4.90 Å². The van der Waals surface area contributed by atoms with Crippen LogP contribution in [0.1, 0.15) is 29.6 Å². The Balaban J connectivity index is 1.72. The van der Waals surface area contributed by atoms with Crippen LogP contribution in [0.2, 0.25) is 0 Å². The Labute approximate surface area is 118 Å². The second-order valence-electron chi connectivity index (χ2n) is 5.31. The minimum absolute atomic E-state index is 0.0768. The van der Waals surface area contributed by atoms with Crippen LogP contribution in [0.25, 0.3) is 0 Å². The maximum absolute atomic E-state index is 12.3. The van der Waals surface area contributed by atoms with Crippen LogP contribution in [0.15, 0.2) is 12.4 Å². The fraction of sp³-hybridized carbons (Fsp3) is 0.667. The Morgan fingerprint density at radius 3 is 2.85 bits per heavy atom. The van der Waals surface area contributed by atoms with Gasteiger partial charge in [0, 0.05) is 31.9 Å². The van der Waals surface area contributed by atoms with E-state index < -0.39 is 10.0 Å². The highest BCUT2D eigenvalue weighted by Crippen LogP contribution is 2.24. The zero-order valence-corrected chi connectivity index (χ0v) is 12.0. The summed E-state index contributed by atoms with van der Waals surface area (Å²) >= 11 is 0. The van der Waals surface area contributed by atoms with Crippen molar-refractivity contribution in [1.82, 2.24) is 19.4 Å². The van der Waals surface area contributed by atoms with E-state index in [-0.39, 0.29) is 17.7 Å². The molecule has 2 aliphatic heterocycles. The summed E-state index contributed by atoms with van der Waals surface area (Å²) < 4.78 is 25.5. The lowest BCUT2D eigenvalue weighted by atomic mass is 10.0. The highest BCUT2D eigenvalue weighted by Gasteiger charge is 2.37. The van der Waals surface area contributed by atoms with E-state index >= 15 is 0 Å². The monoisotopic (exact) mass is 298 g/mol. The molecule has 2 fully saturated rings. The zero-order chi connectivity index (χ0) is 14.2. The molecule has 0 aliphatic carbocycles. The first kappa shape index (κ1) is 13.6. The second-order valence-corrected chi connectivity index (χ2v) is 7.36. The summed E-state index contributed by atoms with van der Waals surface area (Å²) in [5.41, 5.74) is 0.523. The molecule has 0 radical (unpaired) electrons. The van der Waals surface area contributed by atoms with Gasteiger partial charge in [0.1, 0.15) is 0 Å². The third-order valence-electron chi connectivity index (χ3n) is 3.97. The Kier molecular flexibility index (Phi) is 3.51. The molecule has 7 nitrogen and oxygen atoms in total. The lowest BCUT2D eigenvalue weighted by Crippen LogP contribution is -2.50. The minimum Gasteiger partial charge on any atom is -0.337 e. The van der Waals surface area contributed by atoms with Crippen molar-refractivity contribution in [2.24, 2.45) is 0 Å². The first-order chi connectivity index (χ1) is 9.58. The van der Waals surface area contributed by atoms with Crippen LogP contribution in [-0.4, -0.2) is 65.2 Å². The molecule has 1 N–H and O–H groups in total. The van der Waals surface area contributed by atoms with E-state index in [4.69, 9.17) is 0 Å². The maximum Gasteiger partial charge on any atom is 0.257 e. The molecule has 0 bridgehead atoms. The summed E-state index contributed by atoms with van der Waals surface area (Å²) in [5, 5.41) is 6.40. The Bertz CT molecular complexity index is 584. The smallest absolute Gasteiger partial charge is 0.257 e. The standard InChI is InChI=1S/C12H18N4O3S/c17-12(10-7-13-14-8-10)15-4-1-3-11(9-15)16-5-2-6-20(16,18)19/h7-8,11H,1-6,9H2,(H,13,14). The van der Waals surface area contributed by atoms with Gasteiger partial charge in [0.2, 0.25) is 10.0 Å². The molecule has 0 saturated carbocycles. The number of aromatic nitrogens is 2. The van der Waals surface area contributed by atoms with Crippen molar-refractivity contribution in [2.75, 3.05) is 25.4 Å². The number of nitrogens with zero attached hydrogens (tertiary/aromatic N) is 3. The van der Waals surface area contributed by atoms with Crippen molar-refractivity contribution in [3.05, 3.63) is 18.0 Å². The normalized spacial score (nSPS) is 26.8. The summed E-state index contributed by atoms with van der Waals surface area (Å²) in [7, 11) is -3.11. The van der Waals surface area contributed by atoms with Crippen LogP contribution in [0.5, 0.6) is 0 Å². The van der Waals surface area contributed by atoms with Gasteiger partial charge >= 0.3 is 0 Å². The molecule has 1 unspecified atom stereocenters. The molecular weight excluding hydrogens is 280 g/mol. The van der Waals surface area contributed by atoms with Gasteiger partial charge in [-0.1, -0.05) is 0 Å². The number of carbonyl (C=O) groups is 1. The number of likely N-dealkylation sites (tertiary alicyclic amines) is 1. The molecule has 1 aromatic heterocycles. The van der Waals surface area contributed by atoms with Gasteiger partial charge in [0.25, 0.3) is 5.91 Å². The van der Waals surface area contributed by atoms with Gasteiger partial charge in [-0.3, -0.25) is 9.89 Å². The first-order valence-electron chi connectivity index (χ1n) is 6.85. The minimum atomic E-state index is -3.11. The van der Waals surface area contributed by atoms with E-state index in [0.29, 0.717) is 31.6 Å². The van der Waals surface area contributed by atoms with E-state index in [2.05, 4.69) is 10.2 Å². The average Bonchev–Trinajstić information content (AvgIpc) is 3.07. The number of amides is 1. The topological polar surface area (TPSA) is 86.4 Å². The third kappa shape index (κ3) is 2.45. The van der Waals surface area contributed by atoms with Crippen molar-refractivity contribution in [3.63, 3.8) is 0 Å². The van der Waals surface area contributed by atoms with Gasteiger partial charge in [0.15, 0.2) is 0 Å². The summed E-state index contributed by atoms with van der Waals surface area (Å²) in [6.07, 6.45) is 5.42. The van der Waals surface area contributed by atoms with Crippen molar-refractivity contribution in [3.8, 4) is 0 Å². The first-order valence-corrected chi connectivity index (χ1v) is 8.46. The van der Waals surface area contributed by atoms with Crippen LogP contribution in [-0.2, 0) is 10.0 Å². The number of hydrogen-bond acceptors (Lipinski definition) is 4. The predicted molar refractivity (Wildman–Crippen MR) is 72.6 cm³/mol. The molecule has 0 aromatic carbocycles. The van der Waals surface area contributed by atoms with Crippen molar-refractivity contribution >= 4 is 15.9 Å². The molecule has 3 heterocycles. The summed E-state index contributed by atoms with van der Waals surface area (Å²) in [6, 6.07) is -0.0768. The summed E-state index contributed by atoms with van der Waals surface area (Å²) in [5.74, 6) is 0.152. The zero-order valence-electron chi connectivity index (χ0n) is 11.2. The molecule has 20 heavy (non-hydrogen) atoms. The van der Waals surface area contributed by atoms with Crippen molar-refractivity contribution in [2.45, 2.75) is 25.3 Å². The largest absolute Gasteiger partial charge is 0.337 e. The van der Waals surface area contributed by atoms with Crippen LogP contribution in [0.4, 0.5) is 0 Å². The van der Waals surface area contributed by atoms with Gasteiger partial charge in [-0.25, -0.2) is 8.42 Å². The van der Waals surface area contributed by atoms with E-state index in [1.165, 1.54) is 6.20 Å². The SMILES string of the molecule is O=C(c1cn[nH]c1)N1CCCC(N2CCCS2(=O)=O)C1. The number of carbonyl (C=O) groups excluding carboxylic acids is 1. The van der Waals surface area contributed by atoms with Crippen LogP contribution in [0.3, 0.4) is 0 Å². The highest BCUT2D eigenvalue weighted by atomic mass is 32.2. The molecule has 110 valence electrons. The van der Waals surface area contributed by atoms with Gasteiger partial charge in [-0.2, -0.15) is 9.40 Å². The number of rotatable bonds is 2. The lowest BCUT2D eigenvalue weighted by Gasteiger charge is -2.36. The van der Waals surface area contributed by atoms with Crippen LogP contribution < -0.4 is 0 Å². The van der Waals surface area contributed by atoms with Crippen LogP contribution in [0, 0.1) is 0 Å². The fourth-order valence-corrected chi connectivity index (χ4v) is 4.76. The number of H-pyrrole nitrogens is 1. The summed E-state index contributed by atoms with van der Waals surface area (Å²) in [6.45, 7) is 1.73. The predicted octanol–water partition coefficient (Wildman–Crippen LogP) is 0.0498. The maximum atomic E-state index is 12.3. The number of aromatic amines is 1. The van der Waals surface area contributed by atoms with Gasteiger partial charge in [0.05, 0.1) is 17.5 Å². The number of hydrogen-bond donors (Lipinski definition) is 1. The molecule has 3 rings (SSSR count). The number of nitrogens with one attached hydrogen (secondary N) is 1. The molecule has 1 aromatic rings. The van der Waals surface area contributed by atoms with E-state index in [9.17, 15) is 13.2 Å². The molecule has 1 atom stereocenters. The van der Waals surface area contributed by atoms with Crippen molar-refractivity contribution in [1.29, 1.82) is 0 Å². The molecular formula is C12H18N4O3S. The molecule has 2 aliphatic rings.